The molecule has 0 bridgehead atoms. The Kier molecular flexibility index (Phi) is 1.57. The van der Waals surface area contributed by atoms with Gasteiger partial charge in [-0.1, -0.05) is 0 Å². The van der Waals surface area contributed by atoms with E-state index in [1.165, 1.54) is 11.5 Å². The summed E-state index contributed by atoms with van der Waals surface area (Å²) in [6.07, 6.45) is 1.68. The highest BCUT2D eigenvalue weighted by atomic mass is 32.1. The third-order valence-corrected chi connectivity index (χ3v) is 2.52. The van der Waals surface area contributed by atoms with Gasteiger partial charge in [0.05, 0.1) is 17.4 Å². The third-order valence-electron chi connectivity index (χ3n) is 2.04. The average Bonchev–Trinajstić information content (AvgIpc) is 2.88. The van der Waals surface area contributed by atoms with Gasteiger partial charge in [0.1, 0.15) is 5.51 Å². The van der Waals surface area contributed by atoms with E-state index in [1.54, 1.807) is 11.8 Å². The van der Waals surface area contributed by atoms with Crippen molar-refractivity contribution in [3.05, 3.63) is 30.0 Å². The van der Waals surface area contributed by atoms with Gasteiger partial charge in [0, 0.05) is 5.56 Å². The Morgan fingerprint density at radius 2 is 2.21 bits per heavy atom. The first-order chi connectivity index (χ1) is 6.93. The van der Waals surface area contributed by atoms with Crippen LogP contribution in [0.4, 0.5) is 0 Å². The van der Waals surface area contributed by atoms with Gasteiger partial charge in [0.15, 0.2) is 5.82 Å². The van der Waals surface area contributed by atoms with Crippen LogP contribution in [0.2, 0.25) is 0 Å². The summed E-state index contributed by atoms with van der Waals surface area (Å²) >= 11 is 1.35. The summed E-state index contributed by atoms with van der Waals surface area (Å²) in [7, 11) is 0. The SMILES string of the molecule is c1nc2cc(-c3ncsn3)ccc2[nH]1. The van der Waals surface area contributed by atoms with Gasteiger partial charge in [-0.15, -0.1) is 0 Å². The van der Waals surface area contributed by atoms with Crippen molar-refractivity contribution < 1.29 is 0 Å². The molecular weight excluding hydrogens is 196 g/mol. The molecule has 0 aliphatic heterocycles. The van der Waals surface area contributed by atoms with E-state index in [4.69, 9.17) is 0 Å². The van der Waals surface area contributed by atoms with E-state index >= 15 is 0 Å². The molecule has 2 heterocycles. The summed E-state index contributed by atoms with van der Waals surface area (Å²) in [4.78, 5) is 11.4. The molecule has 0 saturated carbocycles. The Balaban J connectivity index is 2.23. The van der Waals surface area contributed by atoms with Crippen molar-refractivity contribution in [3.63, 3.8) is 0 Å². The van der Waals surface area contributed by atoms with E-state index in [9.17, 15) is 0 Å². The lowest BCUT2D eigenvalue weighted by Gasteiger charge is -1.94. The molecule has 0 fully saturated rings. The number of aromatic nitrogens is 4. The van der Waals surface area contributed by atoms with Crippen LogP contribution in [0.3, 0.4) is 0 Å². The zero-order chi connectivity index (χ0) is 9.38. The molecule has 5 heteroatoms. The van der Waals surface area contributed by atoms with Crippen LogP contribution in [0.15, 0.2) is 30.0 Å². The topological polar surface area (TPSA) is 54.5 Å². The second kappa shape index (κ2) is 2.88. The normalized spacial score (nSPS) is 10.9. The van der Waals surface area contributed by atoms with Crippen LogP contribution in [0.5, 0.6) is 0 Å². The first-order valence-corrected chi connectivity index (χ1v) is 4.97. The lowest BCUT2D eigenvalue weighted by molar-refractivity contribution is 1.33. The third kappa shape index (κ3) is 1.10. The molecule has 3 aromatic rings. The Morgan fingerprint density at radius 3 is 3.07 bits per heavy atom. The van der Waals surface area contributed by atoms with Gasteiger partial charge in [-0.05, 0) is 29.7 Å². The molecule has 4 nitrogen and oxygen atoms in total. The number of hydrogen-bond acceptors (Lipinski definition) is 4. The molecule has 0 radical (unpaired) electrons. The highest BCUT2D eigenvalue weighted by Gasteiger charge is 2.03. The molecule has 3 rings (SSSR count). The second-order valence-electron chi connectivity index (χ2n) is 2.89. The highest BCUT2D eigenvalue weighted by molar-refractivity contribution is 7.03. The molecule has 0 spiro atoms. The molecule has 0 unspecified atom stereocenters. The molecule has 1 N–H and O–H groups in total. The van der Waals surface area contributed by atoms with Crippen molar-refractivity contribution in [3.8, 4) is 11.4 Å². The number of H-pyrrole nitrogens is 1. The zero-order valence-corrected chi connectivity index (χ0v) is 7.95. The highest BCUT2D eigenvalue weighted by Crippen LogP contribution is 2.19. The van der Waals surface area contributed by atoms with Crippen LogP contribution in [-0.4, -0.2) is 19.3 Å². The van der Waals surface area contributed by atoms with Crippen molar-refractivity contribution in [2.75, 3.05) is 0 Å². The van der Waals surface area contributed by atoms with Gasteiger partial charge < -0.3 is 4.98 Å². The molecule has 2 aromatic heterocycles. The number of hydrogen-bond donors (Lipinski definition) is 1. The standard InChI is InChI=1S/C9H6N4S/c1-2-7-8(11-4-10-7)3-6(1)9-12-5-14-13-9/h1-5H,(H,10,11). The van der Waals surface area contributed by atoms with Gasteiger partial charge in [-0.25, -0.2) is 9.97 Å². The Morgan fingerprint density at radius 1 is 1.21 bits per heavy atom. The predicted molar refractivity (Wildman–Crippen MR) is 55.0 cm³/mol. The van der Waals surface area contributed by atoms with Gasteiger partial charge >= 0.3 is 0 Å². The minimum Gasteiger partial charge on any atom is -0.345 e. The molecule has 68 valence electrons. The van der Waals surface area contributed by atoms with E-state index in [0.717, 1.165) is 22.4 Å². The van der Waals surface area contributed by atoms with E-state index in [0.29, 0.717) is 0 Å². The molecule has 1 aromatic carbocycles. The summed E-state index contributed by atoms with van der Waals surface area (Å²) < 4.78 is 4.17. The van der Waals surface area contributed by atoms with Crippen LogP contribution in [0.1, 0.15) is 0 Å². The van der Waals surface area contributed by atoms with Crippen LogP contribution in [0.25, 0.3) is 22.4 Å². The fourth-order valence-corrected chi connectivity index (χ4v) is 1.82. The Labute approximate surface area is 83.8 Å². The smallest absolute Gasteiger partial charge is 0.172 e. The van der Waals surface area contributed by atoms with E-state index in [1.807, 2.05) is 18.2 Å². The molecule has 0 amide bonds. The summed E-state index contributed by atoms with van der Waals surface area (Å²) in [5.74, 6) is 0.764. The van der Waals surface area contributed by atoms with E-state index < -0.39 is 0 Å². The van der Waals surface area contributed by atoms with Gasteiger partial charge in [0.2, 0.25) is 0 Å². The maximum Gasteiger partial charge on any atom is 0.172 e. The lowest BCUT2D eigenvalue weighted by Crippen LogP contribution is -1.79. The zero-order valence-electron chi connectivity index (χ0n) is 7.14. The van der Waals surface area contributed by atoms with Gasteiger partial charge in [-0.2, -0.15) is 4.37 Å². The van der Waals surface area contributed by atoms with E-state index in [2.05, 4.69) is 19.3 Å². The first-order valence-electron chi connectivity index (χ1n) is 4.13. The molecular formula is C9H6N4S. The fourth-order valence-electron chi connectivity index (χ4n) is 1.37. The van der Waals surface area contributed by atoms with Crippen molar-refractivity contribution >= 4 is 22.6 Å². The fraction of sp³-hybridized carbons (Fsp3) is 0. The van der Waals surface area contributed by atoms with Crippen molar-refractivity contribution in [2.24, 2.45) is 0 Å². The lowest BCUT2D eigenvalue weighted by atomic mass is 10.2. The average molecular weight is 202 g/mol. The molecule has 0 saturated heterocycles. The molecule has 14 heavy (non-hydrogen) atoms. The minimum atomic E-state index is 0.764. The largest absolute Gasteiger partial charge is 0.345 e. The van der Waals surface area contributed by atoms with Crippen molar-refractivity contribution in [1.29, 1.82) is 0 Å². The van der Waals surface area contributed by atoms with Crippen molar-refractivity contribution in [2.45, 2.75) is 0 Å². The Hall–Kier alpha value is -1.75. The maximum atomic E-state index is 4.18. The number of benzene rings is 1. The number of aromatic amines is 1. The number of fused-ring (bicyclic) bond motifs is 1. The summed E-state index contributed by atoms with van der Waals surface area (Å²) in [6.45, 7) is 0. The molecule has 0 aliphatic rings. The summed E-state index contributed by atoms with van der Waals surface area (Å²) in [6, 6.07) is 5.95. The Bertz CT molecular complexity index is 555. The van der Waals surface area contributed by atoms with Crippen LogP contribution in [-0.2, 0) is 0 Å². The van der Waals surface area contributed by atoms with Crippen molar-refractivity contribution in [1.82, 2.24) is 19.3 Å². The monoisotopic (exact) mass is 202 g/mol. The van der Waals surface area contributed by atoms with E-state index in [-0.39, 0.29) is 0 Å². The van der Waals surface area contributed by atoms with Crippen LogP contribution in [0, 0.1) is 0 Å². The molecule has 0 aliphatic carbocycles. The molecule has 0 atom stereocenters. The summed E-state index contributed by atoms with van der Waals surface area (Å²) in [5, 5.41) is 0. The number of nitrogens with one attached hydrogen (secondary N) is 1. The van der Waals surface area contributed by atoms with Crippen LogP contribution >= 0.6 is 11.5 Å². The first kappa shape index (κ1) is 7.64. The number of nitrogens with zero attached hydrogens (tertiary/aromatic N) is 3. The van der Waals surface area contributed by atoms with Gasteiger partial charge in [0.25, 0.3) is 0 Å². The number of rotatable bonds is 1. The quantitative estimate of drug-likeness (QED) is 0.657. The minimum absolute atomic E-state index is 0.764. The number of imidazole rings is 1. The van der Waals surface area contributed by atoms with Gasteiger partial charge in [-0.3, -0.25) is 0 Å². The van der Waals surface area contributed by atoms with Crippen LogP contribution < -0.4 is 0 Å². The summed E-state index contributed by atoms with van der Waals surface area (Å²) in [5.41, 5.74) is 4.71. The second-order valence-corrected chi connectivity index (χ2v) is 3.49. The predicted octanol–water partition coefficient (Wildman–Crippen LogP) is 2.08. The maximum absolute atomic E-state index is 4.18.